The smallest absolute Gasteiger partial charge is 0.293 e. The quantitative estimate of drug-likeness (QED) is 0.271. The van der Waals surface area contributed by atoms with Gasteiger partial charge in [-0.15, -0.1) is 0 Å². The number of aromatic amines is 1. The number of hydrogen-bond donors (Lipinski definition) is 2. The lowest BCUT2D eigenvalue weighted by Crippen LogP contribution is -2.46. The summed E-state index contributed by atoms with van der Waals surface area (Å²) in [4.78, 5) is 25.9. The first-order valence-corrected chi connectivity index (χ1v) is 11.7. The van der Waals surface area contributed by atoms with Crippen LogP contribution in [0, 0.1) is 0 Å². The predicted molar refractivity (Wildman–Crippen MR) is 131 cm³/mol. The summed E-state index contributed by atoms with van der Waals surface area (Å²) in [6.07, 6.45) is 0.929. The van der Waals surface area contributed by atoms with Crippen molar-refractivity contribution in [1.82, 2.24) is 15.1 Å². The molecule has 1 atom stereocenters. The van der Waals surface area contributed by atoms with Crippen molar-refractivity contribution in [3.05, 3.63) is 53.7 Å². The highest BCUT2D eigenvalue weighted by atomic mass is 35.5. The van der Waals surface area contributed by atoms with Gasteiger partial charge in [-0.3, -0.25) is 19.6 Å². The van der Waals surface area contributed by atoms with E-state index in [4.69, 9.17) is 26.8 Å². The number of carbonyl (C=O) groups is 2. The van der Waals surface area contributed by atoms with Crippen LogP contribution in [-0.2, 0) is 14.9 Å². The molecule has 0 radical (unpaired) electrons. The Bertz CT molecular complexity index is 1190. The number of aromatic nitrogens is 2. The first-order chi connectivity index (χ1) is 16.2. The summed E-state index contributed by atoms with van der Waals surface area (Å²) in [6, 6.07) is 12.5. The van der Waals surface area contributed by atoms with E-state index in [0.717, 1.165) is 37.1 Å². The van der Waals surface area contributed by atoms with Gasteiger partial charge < -0.3 is 15.2 Å². The molecule has 8 nitrogen and oxygen atoms in total. The number of H-pyrrole nitrogens is 1. The number of nitrogens with zero attached hydrogens (tertiary/aromatic N) is 2. The van der Waals surface area contributed by atoms with E-state index in [0.29, 0.717) is 30.2 Å². The lowest BCUT2D eigenvalue weighted by Gasteiger charge is -2.36. The average molecular weight is 485 g/mol. The molecule has 2 aromatic carbocycles. The van der Waals surface area contributed by atoms with E-state index in [1.165, 1.54) is 0 Å². The molecule has 0 amide bonds. The highest BCUT2D eigenvalue weighted by Crippen LogP contribution is 2.31. The second-order valence-corrected chi connectivity index (χ2v) is 9.54. The van der Waals surface area contributed by atoms with Crippen LogP contribution in [0.15, 0.2) is 42.5 Å². The largest absolute Gasteiger partial charge is 0.492 e. The molecule has 2 heterocycles. The molecule has 0 spiro atoms. The van der Waals surface area contributed by atoms with Crippen LogP contribution >= 0.6 is 11.6 Å². The number of nitrogens with one attached hydrogen (secondary N) is 1. The molecule has 9 heteroatoms. The number of nitrogens with two attached hydrogens (primary N) is 1. The first-order valence-electron chi connectivity index (χ1n) is 11.3. The van der Waals surface area contributed by atoms with Gasteiger partial charge in [0, 0.05) is 47.8 Å². The van der Waals surface area contributed by atoms with Gasteiger partial charge in [-0.2, -0.15) is 5.10 Å². The third kappa shape index (κ3) is 5.41. The zero-order chi connectivity index (χ0) is 24.3. The maximum atomic E-state index is 12.2. The van der Waals surface area contributed by atoms with E-state index in [-0.39, 0.29) is 17.1 Å². The summed E-state index contributed by atoms with van der Waals surface area (Å²) < 4.78 is 12.1. The monoisotopic (exact) mass is 484 g/mol. The fraction of sp³-hybridized carbons (Fsp3) is 0.400. The molecule has 3 N–H and O–H groups in total. The van der Waals surface area contributed by atoms with Gasteiger partial charge in [0.1, 0.15) is 18.2 Å². The maximum absolute atomic E-state index is 12.2. The van der Waals surface area contributed by atoms with Crippen molar-refractivity contribution >= 4 is 39.2 Å². The molecule has 0 saturated carbocycles. The lowest BCUT2D eigenvalue weighted by molar-refractivity contribution is -0.108. The minimum Gasteiger partial charge on any atom is -0.492 e. The van der Waals surface area contributed by atoms with Crippen LogP contribution in [0.3, 0.4) is 0 Å². The number of Topliss-reactive ketones (excluding diaryl/α,β-unsaturated/α-hetero) is 1. The van der Waals surface area contributed by atoms with Crippen LogP contribution < -0.4 is 10.5 Å². The van der Waals surface area contributed by atoms with Gasteiger partial charge in [0.2, 0.25) is 5.78 Å². The minimum absolute atomic E-state index is 0.0903. The molecule has 0 bridgehead atoms. The Morgan fingerprint density at radius 2 is 2.03 bits per heavy atom. The normalized spacial score (nSPS) is 17.1. The fourth-order valence-electron chi connectivity index (χ4n) is 4.46. The molecule has 1 unspecified atom stereocenters. The fourth-order valence-corrected chi connectivity index (χ4v) is 4.56. The Morgan fingerprint density at radius 1 is 1.26 bits per heavy atom. The Kier molecular flexibility index (Phi) is 7.21. The summed E-state index contributed by atoms with van der Waals surface area (Å²) in [5.41, 5.74) is 6.91. The molecule has 1 aromatic heterocycles. The molecule has 1 fully saturated rings. The van der Waals surface area contributed by atoms with Gasteiger partial charge in [-0.1, -0.05) is 38.1 Å². The number of nitrogen functional groups attached to an aromatic ring is 1. The van der Waals surface area contributed by atoms with Crippen LogP contribution in [0.1, 0.15) is 36.3 Å². The van der Waals surface area contributed by atoms with Crippen molar-refractivity contribution in [1.29, 1.82) is 0 Å². The molecule has 0 aliphatic carbocycles. The van der Waals surface area contributed by atoms with Crippen LogP contribution in [0.25, 0.3) is 10.8 Å². The summed E-state index contributed by atoms with van der Waals surface area (Å²) >= 11 is 5.41. The zero-order valence-electron chi connectivity index (χ0n) is 19.3. The van der Waals surface area contributed by atoms with Gasteiger partial charge in [-0.25, -0.2) is 0 Å². The number of halogens is 1. The zero-order valence-corrected chi connectivity index (χ0v) is 20.1. The first kappa shape index (κ1) is 24.2. The molecule has 1 aliphatic rings. The summed E-state index contributed by atoms with van der Waals surface area (Å²) in [5, 5.41) is 7.48. The van der Waals surface area contributed by atoms with E-state index < -0.39 is 11.0 Å². The number of morpholine rings is 1. The second-order valence-electron chi connectivity index (χ2n) is 9.20. The molecule has 34 heavy (non-hydrogen) atoms. The Morgan fingerprint density at radius 3 is 2.74 bits per heavy atom. The molecule has 1 aliphatic heterocycles. The van der Waals surface area contributed by atoms with E-state index in [1.54, 1.807) is 18.2 Å². The highest BCUT2D eigenvalue weighted by molar-refractivity contribution is 6.83. The minimum atomic E-state index is -1.00. The molecule has 1 saturated heterocycles. The van der Waals surface area contributed by atoms with Gasteiger partial charge in [0.05, 0.1) is 12.7 Å². The number of ketones is 1. The molecule has 3 aromatic rings. The van der Waals surface area contributed by atoms with Crippen molar-refractivity contribution in [3.63, 3.8) is 0 Å². The topological polar surface area (TPSA) is 111 Å². The molecule has 4 rings (SSSR count). The molecule has 180 valence electrons. The maximum Gasteiger partial charge on any atom is 0.293 e. The number of anilines is 1. The third-order valence-electron chi connectivity index (χ3n) is 6.26. The third-order valence-corrected chi connectivity index (χ3v) is 6.43. The molecular formula is C25H29ClN4O4. The Balaban J connectivity index is 1.37. The van der Waals surface area contributed by atoms with Gasteiger partial charge in [0.25, 0.3) is 5.24 Å². The van der Waals surface area contributed by atoms with Crippen molar-refractivity contribution < 1.29 is 19.1 Å². The Hall–Kier alpha value is -2.94. The van der Waals surface area contributed by atoms with Crippen molar-refractivity contribution in [2.75, 3.05) is 38.6 Å². The van der Waals surface area contributed by atoms with Crippen molar-refractivity contribution in [2.24, 2.45) is 0 Å². The highest BCUT2D eigenvalue weighted by Gasteiger charge is 2.30. The lowest BCUT2D eigenvalue weighted by atomic mass is 9.83. The summed E-state index contributed by atoms with van der Waals surface area (Å²) in [7, 11) is 0. The van der Waals surface area contributed by atoms with Crippen molar-refractivity contribution in [2.45, 2.75) is 31.8 Å². The number of fused-ring (bicyclic) bond motifs is 1. The van der Waals surface area contributed by atoms with E-state index in [1.807, 2.05) is 24.3 Å². The van der Waals surface area contributed by atoms with Crippen LogP contribution in [0.5, 0.6) is 5.75 Å². The number of benzene rings is 2. The van der Waals surface area contributed by atoms with E-state index in [2.05, 4.69) is 28.9 Å². The SMILES string of the molecule is CC(C)(CC1CN(CCOc2ccc(C(=O)C(=O)Cl)c3ccccc23)CCO1)c1cc(N)n[nH]1. The number of carbonyl (C=O) groups excluding carboxylic acids is 2. The van der Waals surface area contributed by atoms with Crippen molar-refractivity contribution in [3.8, 4) is 5.75 Å². The molecular weight excluding hydrogens is 456 g/mol. The van der Waals surface area contributed by atoms with Gasteiger partial charge in [0.15, 0.2) is 0 Å². The number of hydrogen-bond acceptors (Lipinski definition) is 7. The predicted octanol–water partition coefficient (Wildman–Crippen LogP) is 3.54. The van der Waals surface area contributed by atoms with Crippen LogP contribution in [-0.4, -0.2) is 65.1 Å². The van der Waals surface area contributed by atoms with Crippen LogP contribution in [0.2, 0.25) is 0 Å². The summed E-state index contributed by atoms with van der Waals surface area (Å²) in [6.45, 7) is 7.85. The Labute approximate surface area is 203 Å². The summed E-state index contributed by atoms with van der Waals surface area (Å²) in [5.74, 6) is 0.437. The van der Waals surface area contributed by atoms with Gasteiger partial charge in [-0.05, 0) is 35.5 Å². The average Bonchev–Trinajstić information content (AvgIpc) is 3.26. The second kappa shape index (κ2) is 10.1. The number of ether oxygens (including phenoxy) is 2. The standard InChI is InChI=1S/C25H29ClN4O4/c1-25(2,21-13-22(27)29-28-21)14-16-15-30(9-11-33-16)10-12-34-20-8-7-19(23(31)24(26)32)17-5-3-4-6-18(17)20/h3-8,13,16H,9-12,14-15H2,1-2H3,(H3,27,28,29). The van der Waals surface area contributed by atoms with Gasteiger partial charge >= 0.3 is 0 Å². The van der Waals surface area contributed by atoms with E-state index >= 15 is 0 Å². The van der Waals surface area contributed by atoms with Crippen LogP contribution in [0.4, 0.5) is 5.82 Å². The van der Waals surface area contributed by atoms with E-state index in [9.17, 15) is 9.59 Å². The number of rotatable bonds is 9.